The number of carbonyl (C=O) groups excluding carboxylic acids is 1. The van der Waals surface area contributed by atoms with Crippen LogP contribution in [-0.4, -0.2) is 30.1 Å². The van der Waals surface area contributed by atoms with Crippen molar-refractivity contribution in [2.75, 3.05) is 13.1 Å². The molecule has 1 atom stereocenters. The van der Waals surface area contributed by atoms with E-state index < -0.39 is 0 Å². The number of nitrogens with zero attached hydrogens (tertiary/aromatic N) is 1. The van der Waals surface area contributed by atoms with Crippen LogP contribution in [0, 0.1) is 6.92 Å². The zero-order valence-corrected chi connectivity index (χ0v) is 22.5. The van der Waals surface area contributed by atoms with E-state index in [0.717, 1.165) is 69.2 Å². The van der Waals surface area contributed by atoms with Gasteiger partial charge in [-0.2, -0.15) is 0 Å². The Bertz CT molecular complexity index is 1750. The summed E-state index contributed by atoms with van der Waals surface area (Å²) in [7, 11) is 0. The maximum absolute atomic E-state index is 12.9. The normalized spacial score (nSPS) is 19.8. The van der Waals surface area contributed by atoms with Gasteiger partial charge in [0.05, 0.1) is 17.0 Å². The summed E-state index contributed by atoms with van der Waals surface area (Å²) in [6.45, 7) is 7.84. The number of aryl methyl sites for hydroxylation is 1. The van der Waals surface area contributed by atoms with E-state index in [1.165, 1.54) is 5.57 Å². The van der Waals surface area contributed by atoms with Gasteiger partial charge in [-0.3, -0.25) is 4.98 Å². The summed E-state index contributed by atoms with van der Waals surface area (Å²) in [6.07, 6.45) is 19.3. The van der Waals surface area contributed by atoms with Crippen LogP contribution in [0.5, 0.6) is 0 Å². The van der Waals surface area contributed by atoms with E-state index >= 15 is 0 Å². The number of aromatic nitrogens is 1. The van der Waals surface area contributed by atoms with Gasteiger partial charge in [-0.15, -0.1) is 5.73 Å². The number of nitrogens with one attached hydrogen (secondary N) is 2. The zero-order valence-electron chi connectivity index (χ0n) is 22.5. The minimum absolute atomic E-state index is 0.0943. The van der Waals surface area contributed by atoms with Crippen LogP contribution in [0.2, 0.25) is 0 Å². The van der Waals surface area contributed by atoms with Gasteiger partial charge in [0.25, 0.3) is 0 Å². The molecule has 4 aliphatic rings. The summed E-state index contributed by atoms with van der Waals surface area (Å²) in [5, 5.41) is 8.84. The van der Waals surface area contributed by atoms with Gasteiger partial charge in [0.2, 0.25) is 0 Å². The Morgan fingerprint density at radius 3 is 2.88 bits per heavy atom. The standard InChI is InChI=1S/C35H31N3O2/c1-23-17-26-12-13-27(32-10-6-15-37-34(32)33-11-5-7-24(2)38-33)20-30(26)21-29(18-23)25-8-3-4-9-28(19-25)35(39)40-31-14-16-36-22-31/h3,5-9,11-13,15,17-21,31,36-37H,1,10,14,16,22H2,2H3/t31-/m1/s1. The summed E-state index contributed by atoms with van der Waals surface area (Å²) < 4.78 is 5.72. The van der Waals surface area contributed by atoms with E-state index in [0.29, 0.717) is 12.1 Å². The van der Waals surface area contributed by atoms with Crippen molar-refractivity contribution in [1.82, 2.24) is 15.6 Å². The molecule has 40 heavy (non-hydrogen) atoms. The fourth-order valence-electron chi connectivity index (χ4n) is 5.30. The van der Waals surface area contributed by atoms with Crippen LogP contribution < -0.4 is 21.1 Å². The fraction of sp³-hybridized carbons (Fsp3) is 0.171. The van der Waals surface area contributed by atoms with Crippen LogP contribution in [0.15, 0.2) is 114 Å². The summed E-state index contributed by atoms with van der Waals surface area (Å²) >= 11 is 0. The number of rotatable bonds is 5. The Morgan fingerprint density at radius 2 is 2.02 bits per heavy atom. The van der Waals surface area contributed by atoms with Crippen molar-refractivity contribution >= 4 is 29.4 Å². The lowest BCUT2D eigenvalue weighted by Gasteiger charge is -2.18. The number of hydrogen-bond donors (Lipinski definition) is 2. The number of hydrogen-bond acceptors (Lipinski definition) is 5. The van der Waals surface area contributed by atoms with Crippen LogP contribution in [0.3, 0.4) is 0 Å². The average molecular weight is 526 g/mol. The van der Waals surface area contributed by atoms with Crippen molar-refractivity contribution in [1.29, 1.82) is 0 Å². The third kappa shape index (κ3) is 5.52. The molecule has 1 aromatic carbocycles. The van der Waals surface area contributed by atoms with Crippen molar-refractivity contribution in [2.24, 2.45) is 0 Å². The van der Waals surface area contributed by atoms with E-state index in [1.807, 2.05) is 49.6 Å². The average Bonchev–Trinajstić information content (AvgIpc) is 3.25. The summed E-state index contributed by atoms with van der Waals surface area (Å²) in [5.41, 5.74) is 11.6. The molecule has 2 N–H and O–H groups in total. The maximum atomic E-state index is 12.9. The number of carbonyl (C=O) groups is 1. The SMILES string of the molecule is C=C1C=C(C2=CC=C=CC(C(=O)O[C@@H]3CCNC3)=C2)C=c2cc(C3=C(c4cccc(C)n4)NC=CC3)ccc2=C1. The Labute approximate surface area is 234 Å². The van der Waals surface area contributed by atoms with Gasteiger partial charge < -0.3 is 15.4 Å². The second kappa shape index (κ2) is 11.2. The Hall–Kier alpha value is -4.70. The van der Waals surface area contributed by atoms with E-state index in [9.17, 15) is 4.79 Å². The lowest BCUT2D eigenvalue weighted by atomic mass is 9.95. The molecule has 0 unspecified atom stereocenters. The molecule has 3 heterocycles. The monoisotopic (exact) mass is 525 g/mol. The molecule has 0 spiro atoms. The predicted octanol–water partition coefficient (Wildman–Crippen LogP) is 4.31. The van der Waals surface area contributed by atoms with Gasteiger partial charge in [0, 0.05) is 12.2 Å². The third-order valence-electron chi connectivity index (χ3n) is 7.31. The number of allylic oxidation sites excluding steroid dienone is 8. The largest absolute Gasteiger partial charge is 0.457 e. The van der Waals surface area contributed by atoms with Gasteiger partial charge in [-0.05, 0) is 132 Å². The molecule has 1 fully saturated rings. The zero-order chi connectivity index (χ0) is 27.5. The molecule has 6 rings (SSSR count). The number of esters is 1. The van der Waals surface area contributed by atoms with E-state index in [2.05, 4.69) is 65.4 Å². The number of fused-ring (bicyclic) bond motifs is 1. The molecule has 0 bridgehead atoms. The van der Waals surface area contributed by atoms with E-state index in [1.54, 1.807) is 6.08 Å². The van der Waals surface area contributed by atoms with Crippen LogP contribution in [0.25, 0.3) is 23.4 Å². The van der Waals surface area contributed by atoms with Crippen molar-refractivity contribution in [2.45, 2.75) is 25.9 Å². The lowest BCUT2D eigenvalue weighted by molar-refractivity contribution is -0.142. The molecule has 5 heteroatoms. The molecule has 1 saturated heterocycles. The number of pyridine rings is 1. The van der Waals surface area contributed by atoms with E-state index in [-0.39, 0.29) is 12.1 Å². The quantitative estimate of drug-likeness (QED) is 0.450. The maximum Gasteiger partial charge on any atom is 0.339 e. The Morgan fingerprint density at radius 1 is 1.10 bits per heavy atom. The number of dihydropyridines is 1. The van der Waals surface area contributed by atoms with Crippen molar-refractivity contribution in [3.8, 4) is 0 Å². The van der Waals surface area contributed by atoms with Gasteiger partial charge in [0.1, 0.15) is 6.10 Å². The van der Waals surface area contributed by atoms with Crippen molar-refractivity contribution in [3.63, 3.8) is 0 Å². The summed E-state index contributed by atoms with van der Waals surface area (Å²) in [6, 6.07) is 12.6. The lowest BCUT2D eigenvalue weighted by Crippen LogP contribution is -2.25. The van der Waals surface area contributed by atoms with Gasteiger partial charge in [-0.25, -0.2) is 4.79 Å². The van der Waals surface area contributed by atoms with Crippen LogP contribution in [0.4, 0.5) is 0 Å². The topological polar surface area (TPSA) is 63.2 Å². The van der Waals surface area contributed by atoms with Crippen LogP contribution >= 0.6 is 0 Å². The molecule has 0 amide bonds. The van der Waals surface area contributed by atoms with Crippen LogP contribution in [0.1, 0.15) is 29.8 Å². The van der Waals surface area contributed by atoms with E-state index in [4.69, 9.17) is 9.72 Å². The molecule has 0 radical (unpaired) electrons. The fourth-order valence-corrected chi connectivity index (χ4v) is 5.30. The molecule has 2 aromatic rings. The second-order valence-electron chi connectivity index (χ2n) is 10.3. The molecule has 5 nitrogen and oxygen atoms in total. The van der Waals surface area contributed by atoms with Crippen molar-refractivity contribution in [3.05, 3.63) is 141 Å². The highest BCUT2D eigenvalue weighted by Crippen LogP contribution is 2.29. The minimum atomic E-state index is -0.327. The predicted molar refractivity (Wildman–Crippen MR) is 161 cm³/mol. The first-order chi connectivity index (χ1) is 19.5. The third-order valence-corrected chi connectivity index (χ3v) is 7.31. The molecule has 2 aliphatic heterocycles. The first kappa shape index (κ1) is 25.6. The minimum Gasteiger partial charge on any atom is -0.457 e. The number of ether oxygens (including phenoxy) is 1. The van der Waals surface area contributed by atoms with Gasteiger partial charge >= 0.3 is 5.97 Å². The first-order valence-electron chi connectivity index (χ1n) is 13.6. The molecular formula is C35H31N3O2. The van der Waals surface area contributed by atoms with Gasteiger partial charge in [-0.1, -0.05) is 30.9 Å². The van der Waals surface area contributed by atoms with Gasteiger partial charge in [0.15, 0.2) is 0 Å². The first-order valence-corrected chi connectivity index (χ1v) is 13.6. The highest BCUT2D eigenvalue weighted by Gasteiger charge is 2.21. The molecule has 198 valence electrons. The second-order valence-corrected chi connectivity index (χ2v) is 10.3. The smallest absolute Gasteiger partial charge is 0.339 e. The summed E-state index contributed by atoms with van der Waals surface area (Å²) in [4.78, 5) is 17.7. The Balaban J connectivity index is 1.39. The molecule has 0 saturated carbocycles. The Kier molecular flexibility index (Phi) is 7.15. The highest BCUT2D eigenvalue weighted by atomic mass is 16.5. The molecule has 2 aliphatic carbocycles. The van der Waals surface area contributed by atoms with Crippen LogP contribution in [-0.2, 0) is 9.53 Å². The number of benzene rings is 1. The summed E-state index contributed by atoms with van der Waals surface area (Å²) in [5.74, 6) is -0.327. The molecular weight excluding hydrogens is 494 g/mol. The van der Waals surface area contributed by atoms with Crippen molar-refractivity contribution < 1.29 is 9.53 Å². The molecule has 1 aromatic heterocycles. The highest BCUT2D eigenvalue weighted by molar-refractivity contribution is 5.93.